The Bertz CT molecular complexity index is 459. The van der Waals surface area contributed by atoms with Gasteiger partial charge in [0.2, 0.25) is 0 Å². The molecule has 2 heteroatoms. The van der Waals surface area contributed by atoms with Crippen molar-refractivity contribution in [2.75, 3.05) is 0 Å². The third kappa shape index (κ3) is 3.58. The zero-order valence-electron chi connectivity index (χ0n) is 12.1. The summed E-state index contributed by atoms with van der Waals surface area (Å²) in [5, 5.41) is 12.4. The van der Waals surface area contributed by atoms with E-state index < -0.39 is 0 Å². The lowest BCUT2D eigenvalue weighted by Gasteiger charge is -2.23. The van der Waals surface area contributed by atoms with Crippen LogP contribution in [0.4, 0.5) is 0 Å². The predicted octanol–water partition coefficient (Wildman–Crippen LogP) is 3.91. The number of benzene rings is 1. The fraction of sp³-hybridized carbons (Fsp3) is 0.588. The Morgan fingerprint density at radius 3 is 2.68 bits per heavy atom. The van der Waals surface area contributed by atoms with Gasteiger partial charge < -0.3 is 5.32 Å². The second-order valence-electron chi connectivity index (χ2n) is 5.59. The molecule has 2 rings (SSSR count). The first kappa shape index (κ1) is 14.1. The van der Waals surface area contributed by atoms with Crippen molar-refractivity contribution in [1.29, 1.82) is 5.26 Å². The van der Waals surface area contributed by atoms with E-state index in [0.717, 1.165) is 6.42 Å². The monoisotopic (exact) mass is 256 g/mol. The molecule has 1 N–H and O–H groups in total. The molecule has 0 heterocycles. The lowest BCUT2D eigenvalue weighted by Crippen LogP contribution is -2.30. The SMILES string of the molecule is CCC(CC#N)NC(C)c1ccc2c(c1)CCCC2. The second-order valence-corrected chi connectivity index (χ2v) is 5.59. The van der Waals surface area contributed by atoms with Gasteiger partial charge in [-0.1, -0.05) is 25.1 Å². The summed E-state index contributed by atoms with van der Waals surface area (Å²) in [6.45, 7) is 4.33. The Labute approximate surface area is 116 Å². The van der Waals surface area contributed by atoms with Crippen LogP contribution in [0, 0.1) is 11.3 Å². The molecule has 0 saturated carbocycles. The van der Waals surface area contributed by atoms with Gasteiger partial charge in [0.05, 0.1) is 12.5 Å². The van der Waals surface area contributed by atoms with Gasteiger partial charge in [-0.3, -0.25) is 0 Å². The first-order chi connectivity index (χ1) is 9.24. The average molecular weight is 256 g/mol. The third-order valence-corrected chi connectivity index (χ3v) is 4.19. The van der Waals surface area contributed by atoms with Gasteiger partial charge in [0.25, 0.3) is 0 Å². The van der Waals surface area contributed by atoms with E-state index in [1.807, 2.05) is 0 Å². The van der Waals surface area contributed by atoms with E-state index in [1.165, 1.54) is 42.4 Å². The molecule has 1 aromatic carbocycles. The molecule has 2 unspecified atom stereocenters. The lowest BCUT2D eigenvalue weighted by molar-refractivity contribution is 0.447. The molecule has 0 saturated heterocycles. The van der Waals surface area contributed by atoms with Crippen molar-refractivity contribution in [2.24, 2.45) is 0 Å². The topological polar surface area (TPSA) is 35.8 Å². The smallest absolute Gasteiger partial charge is 0.0638 e. The third-order valence-electron chi connectivity index (χ3n) is 4.19. The number of nitrogens with zero attached hydrogens (tertiary/aromatic N) is 1. The van der Waals surface area contributed by atoms with Gasteiger partial charge >= 0.3 is 0 Å². The summed E-state index contributed by atoms with van der Waals surface area (Å²) in [5.41, 5.74) is 4.43. The first-order valence-corrected chi connectivity index (χ1v) is 7.49. The molecule has 0 bridgehead atoms. The fourth-order valence-corrected chi connectivity index (χ4v) is 2.90. The van der Waals surface area contributed by atoms with Gasteiger partial charge in [-0.2, -0.15) is 5.26 Å². The molecule has 0 spiro atoms. The minimum absolute atomic E-state index is 0.302. The molecular weight excluding hydrogens is 232 g/mol. The van der Waals surface area contributed by atoms with Crippen LogP contribution in [-0.2, 0) is 12.8 Å². The number of hydrogen-bond acceptors (Lipinski definition) is 2. The maximum absolute atomic E-state index is 8.82. The van der Waals surface area contributed by atoms with Gasteiger partial charge in [0.1, 0.15) is 0 Å². The molecule has 102 valence electrons. The Hall–Kier alpha value is -1.33. The number of hydrogen-bond donors (Lipinski definition) is 1. The van der Waals surface area contributed by atoms with E-state index in [9.17, 15) is 0 Å². The molecule has 0 aromatic heterocycles. The molecule has 19 heavy (non-hydrogen) atoms. The van der Waals surface area contributed by atoms with Crippen molar-refractivity contribution in [1.82, 2.24) is 5.32 Å². The van der Waals surface area contributed by atoms with Gasteiger partial charge in [-0.05, 0) is 55.7 Å². The second kappa shape index (κ2) is 6.73. The lowest BCUT2D eigenvalue weighted by atomic mass is 9.89. The van der Waals surface area contributed by atoms with Gasteiger partial charge in [0.15, 0.2) is 0 Å². The molecule has 0 fully saturated rings. The fourth-order valence-electron chi connectivity index (χ4n) is 2.90. The average Bonchev–Trinajstić information content (AvgIpc) is 2.46. The molecule has 0 radical (unpaired) electrons. The highest BCUT2D eigenvalue weighted by Gasteiger charge is 2.14. The minimum Gasteiger partial charge on any atom is -0.306 e. The van der Waals surface area contributed by atoms with E-state index in [-0.39, 0.29) is 0 Å². The van der Waals surface area contributed by atoms with Gasteiger partial charge in [-0.15, -0.1) is 0 Å². The van der Waals surface area contributed by atoms with Crippen LogP contribution in [0.5, 0.6) is 0 Å². The van der Waals surface area contributed by atoms with Crippen LogP contribution in [0.2, 0.25) is 0 Å². The van der Waals surface area contributed by atoms with Crippen LogP contribution in [-0.4, -0.2) is 6.04 Å². The van der Waals surface area contributed by atoms with Crippen LogP contribution in [0.15, 0.2) is 18.2 Å². The Kier molecular flexibility index (Phi) is 4.99. The summed E-state index contributed by atoms with van der Waals surface area (Å²) in [6.07, 6.45) is 6.72. The summed E-state index contributed by atoms with van der Waals surface area (Å²) >= 11 is 0. The highest BCUT2D eigenvalue weighted by atomic mass is 14.9. The Morgan fingerprint density at radius 1 is 1.26 bits per heavy atom. The minimum atomic E-state index is 0.302. The summed E-state index contributed by atoms with van der Waals surface area (Å²) in [4.78, 5) is 0. The predicted molar refractivity (Wildman–Crippen MR) is 78.9 cm³/mol. The normalized spacial score (nSPS) is 17.3. The van der Waals surface area contributed by atoms with Gasteiger partial charge in [0, 0.05) is 12.1 Å². The molecule has 1 aliphatic carbocycles. The van der Waals surface area contributed by atoms with Crippen molar-refractivity contribution in [2.45, 2.75) is 64.5 Å². The van der Waals surface area contributed by atoms with E-state index in [2.05, 4.69) is 43.4 Å². The zero-order chi connectivity index (χ0) is 13.7. The van der Waals surface area contributed by atoms with E-state index in [0.29, 0.717) is 18.5 Å². The zero-order valence-corrected chi connectivity index (χ0v) is 12.1. The van der Waals surface area contributed by atoms with Crippen molar-refractivity contribution < 1.29 is 0 Å². The number of nitrogens with one attached hydrogen (secondary N) is 1. The van der Waals surface area contributed by atoms with E-state index in [4.69, 9.17) is 5.26 Å². The standard InChI is InChI=1S/C17H24N2/c1-3-17(10-11-18)19-13(2)15-9-8-14-6-4-5-7-16(14)12-15/h8-9,12-13,17,19H,3-7,10H2,1-2H3. The van der Waals surface area contributed by atoms with E-state index >= 15 is 0 Å². The molecular formula is C17H24N2. The molecule has 2 nitrogen and oxygen atoms in total. The highest BCUT2D eigenvalue weighted by Crippen LogP contribution is 2.25. The number of nitriles is 1. The van der Waals surface area contributed by atoms with Crippen molar-refractivity contribution in [3.63, 3.8) is 0 Å². The Morgan fingerprint density at radius 2 is 2.00 bits per heavy atom. The number of rotatable bonds is 5. The summed E-state index contributed by atoms with van der Waals surface area (Å²) in [7, 11) is 0. The quantitative estimate of drug-likeness (QED) is 0.867. The van der Waals surface area contributed by atoms with Crippen LogP contribution >= 0.6 is 0 Å². The van der Waals surface area contributed by atoms with Crippen LogP contribution in [0.3, 0.4) is 0 Å². The van der Waals surface area contributed by atoms with Crippen LogP contribution in [0.25, 0.3) is 0 Å². The largest absolute Gasteiger partial charge is 0.306 e. The molecule has 1 aromatic rings. The summed E-state index contributed by atoms with van der Waals surface area (Å²) in [5.74, 6) is 0. The van der Waals surface area contributed by atoms with Gasteiger partial charge in [-0.25, -0.2) is 0 Å². The summed E-state index contributed by atoms with van der Waals surface area (Å²) < 4.78 is 0. The molecule has 0 amide bonds. The van der Waals surface area contributed by atoms with Crippen molar-refractivity contribution in [3.8, 4) is 6.07 Å². The Balaban J connectivity index is 2.06. The van der Waals surface area contributed by atoms with E-state index in [1.54, 1.807) is 0 Å². The van der Waals surface area contributed by atoms with Crippen LogP contribution < -0.4 is 5.32 Å². The van der Waals surface area contributed by atoms with Crippen molar-refractivity contribution in [3.05, 3.63) is 34.9 Å². The molecule has 0 aliphatic heterocycles. The maximum atomic E-state index is 8.82. The molecule has 2 atom stereocenters. The first-order valence-electron chi connectivity index (χ1n) is 7.49. The number of fused-ring (bicyclic) bond motifs is 1. The number of aryl methyl sites for hydroxylation is 2. The van der Waals surface area contributed by atoms with Crippen LogP contribution in [0.1, 0.15) is 62.3 Å². The summed E-state index contributed by atoms with van der Waals surface area (Å²) in [6, 6.07) is 9.81. The van der Waals surface area contributed by atoms with Crippen molar-refractivity contribution >= 4 is 0 Å². The molecule has 1 aliphatic rings. The highest BCUT2D eigenvalue weighted by molar-refractivity contribution is 5.35. The maximum Gasteiger partial charge on any atom is 0.0638 e.